The minimum atomic E-state index is 0.237. The molecule has 0 radical (unpaired) electrons. The zero-order chi connectivity index (χ0) is 10.2. The van der Waals surface area contributed by atoms with Gasteiger partial charge >= 0.3 is 0 Å². The molecule has 1 heterocycles. The van der Waals surface area contributed by atoms with Crippen molar-refractivity contribution in [2.75, 3.05) is 13.1 Å². The molecule has 0 aliphatic carbocycles. The maximum atomic E-state index is 10.7. The molecular formula is C12H23NO. The number of nitrogens with zero attached hydrogens (tertiary/aromatic N) is 1. The van der Waals surface area contributed by atoms with E-state index in [4.69, 9.17) is 0 Å². The van der Waals surface area contributed by atoms with Crippen LogP contribution in [0.2, 0.25) is 0 Å². The molecule has 0 amide bonds. The fourth-order valence-corrected chi connectivity index (χ4v) is 2.20. The Labute approximate surface area is 87.7 Å². The molecule has 1 fully saturated rings. The number of hydrogen-bond donors (Lipinski definition) is 0. The first kappa shape index (κ1) is 11.7. The second kappa shape index (κ2) is 6.99. The van der Waals surface area contributed by atoms with Crippen LogP contribution in [0.1, 0.15) is 51.9 Å². The van der Waals surface area contributed by atoms with E-state index in [0.717, 1.165) is 25.8 Å². The molecule has 0 aromatic heterocycles. The van der Waals surface area contributed by atoms with E-state index in [1.54, 1.807) is 0 Å². The number of hydrogen-bond acceptors (Lipinski definition) is 2. The molecule has 2 nitrogen and oxygen atoms in total. The summed E-state index contributed by atoms with van der Waals surface area (Å²) in [5.74, 6) is 0. The molecular weight excluding hydrogens is 174 g/mol. The number of unbranched alkanes of at least 4 members (excludes halogenated alkanes) is 4. The molecule has 0 saturated carbocycles. The number of rotatable bonds is 7. The van der Waals surface area contributed by atoms with Crippen molar-refractivity contribution in [2.45, 2.75) is 57.9 Å². The predicted molar refractivity (Wildman–Crippen MR) is 59.4 cm³/mol. The van der Waals surface area contributed by atoms with Gasteiger partial charge in [-0.3, -0.25) is 4.90 Å². The summed E-state index contributed by atoms with van der Waals surface area (Å²) in [7, 11) is 0. The highest BCUT2D eigenvalue weighted by Gasteiger charge is 2.22. The Hall–Kier alpha value is -0.370. The van der Waals surface area contributed by atoms with Gasteiger partial charge in [0.05, 0.1) is 6.04 Å². The second-order valence-corrected chi connectivity index (χ2v) is 4.30. The largest absolute Gasteiger partial charge is 0.302 e. The lowest BCUT2D eigenvalue weighted by Gasteiger charge is -2.19. The van der Waals surface area contributed by atoms with Gasteiger partial charge in [-0.1, -0.05) is 32.6 Å². The molecule has 1 aliphatic heterocycles. The number of carbonyl (C=O) groups is 1. The smallest absolute Gasteiger partial charge is 0.137 e. The summed E-state index contributed by atoms with van der Waals surface area (Å²) < 4.78 is 0. The Morgan fingerprint density at radius 3 is 2.79 bits per heavy atom. The SMILES string of the molecule is CCCCCCCN1CCC[C@@H]1C=O. The molecule has 14 heavy (non-hydrogen) atoms. The Balaban J connectivity index is 2.02. The normalized spacial score (nSPS) is 22.8. The van der Waals surface area contributed by atoms with Crippen molar-refractivity contribution in [3.8, 4) is 0 Å². The molecule has 0 unspecified atom stereocenters. The fourth-order valence-electron chi connectivity index (χ4n) is 2.20. The van der Waals surface area contributed by atoms with E-state index in [2.05, 4.69) is 11.8 Å². The van der Waals surface area contributed by atoms with Gasteiger partial charge in [0.1, 0.15) is 6.29 Å². The van der Waals surface area contributed by atoms with Crippen molar-refractivity contribution in [3.05, 3.63) is 0 Å². The zero-order valence-corrected chi connectivity index (χ0v) is 9.37. The summed E-state index contributed by atoms with van der Waals surface area (Å²) in [4.78, 5) is 13.1. The molecule has 0 spiro atoms. The molecule has 82 valence electrons. The number of carbonyl (C=O) groups excluding carboxylic acids is 1. The fraction of sp³-hybridized carbons (Fsp3) is 0.917. The monoisotopic (exact) mass is 197 g/mol. The van der Waals surface area contributed by atoms with Crippen LogP contribution in [0.4, 0.5) is 0 Å². The zero-order valence-electron chi connectivity index (χ0n) is 9.37. The van der Waals surface area contributed by atoms with Crippen LogP contribution in [0.15, 0.2) is 0 Å². The van der Waals surface area contributed by atoms with Crippen LogP contribution >= 0.6 is 0 Å². The van der Waals surface area contributed by atoms with Crippen LogP contribution in [0.25, 0.3) is 0 Å². The van der Waals surface area contributed by atoms with Gasteiger partial charge in [-0.25, -0.2) is 0 Å². The summed E-state index contributed by atoms with van der Waals surface area (Å²) in [5.41, 5.74) is 0. The Bertz CT molecular complexity index is 158. The molecule has 1 atom stereocenters. The third-order valence-electron chi connectivity index (χ3n) is 3.12. The van der Waals surface area contributed by atoms with Crippen molar-refractivity contribution in [2.24, 2.45) is 0 Å². The van der Waals surface area contributed by atoms with Gasteiger partial charge in [0.15, 0.2) is 0 Å². The van der Waals surface area contributed by atoms with E-state index in [-0.39, 0.29) is 6.04 Å². The highest BCUT2D eigenvalue weighted by atomic mass is 16.1. The van der Waals surface area contributed by atoms with Crippen molar-refractivity contribution in [1.29, 1.82) is 0 Å². The second-order valence-electron chi connectivity index (χ2n) is 4.30. The summed E-state index contributed by atoms with van der Waals surface area (Å²) in [6.07, 6.45) is 10.0. The third-order valence-corrected chi connectivity index (χ3v) is 3.12. The van der Waals surface area contributed by atoms with E-state index in [9.17, 15) is 4.79 Å². The van der Waals surface area contributed by atoms with Crippen molar-refractivity contribution in [1.82, 2.24) is 4.90 Å². The van der Waals surface area contributed by atoms with E-state index in [0.29, 0.717) is 0 Å². The van der Waals surface area contributed by atoms with Crippen molar-refractivity contribution in [3.63, 3.8) is 0 Å². The molecule has 1 aliphatic rings. The van der Waals surface area contributed by atoms with Crippen molar-refractivity contribution < 1.29 is 4.79 Å². The lowest BCUT2D eigenvalue weighted by atomic mass is 10.1. The average Bonchev–Trinajstić information content (AvgIpc) is 2.65. The highest BCUT2D eigenvalue weighted by molar-refractivity contribution is 5.58. The molecule has 1 saturated heterocycles. The average molecular weight is 197 g/mol. The lowest BCUT2D eigenvalue weighted by molar-refractivity contribution is -0.111. The maximum absolute atomic E-state index is 10.7. The topological polar surface area (TPSA) is 20.3 Å². The Morgan fingerprint density at radius 2 is 2.07 bits per heavy atom. The maximum Gasteiger partial charge on any atom is 0.137 e. The van der Waals surface area contributed by atoms with E-state index in [1.807, 2.05) is 0 Å². The standard InChI is InChI=1S/C12H23NO/c1-2-3-4-5-6-9-13-10-7-8-12(13)11-14/h11-12H,2-10H2,1H3/t12-/m1/s1. The van der Waals surface area contributed by atoms with Crippen LogP contribution in [-0.4, -0.2) is 30.3 Å². The van der Waals surface area contributed by atoms with Crippen LogP contribution in [0.5, 0.6) is 0 Å². The number of likely N-dealkylation sites (tertiary alicyclic amines) is 1. The Morgan fingerprint density at radius 1 is 1.29 bits per heavy atom. The first-order valence-corrected chi connectivity index (χ1v) is 6.08. The van der Waals surface area contributed by atoms with E-state index >= 15 is 0 Å². The van der Waals surface area contributed by atoms with Crippen LogP contribution in [0.3, 0.4) is 0 Å². The first-order valence-electron chi connectivity index (χ1n) is 6.08. The molecule has 0 aromatic carbocycles. The van der Waals surface area contributed by atoms with Gasteiger partial charge < -0.3 is 4.79 Å². The highest BCUT2D eigenvalue weighted by Crippen LogP contribution is 2.16. The third kappa shape index (κ3) is 3.79. The molecule has 0 N–H and O–H groups in total. The lowest BCUT2D eigenvalue weighted by Crippen LogP contribution is -2.31. The molecule has 1 rings (SSSR count). The van der Waals surface area contributed by atoms with Gasteiger partial charge in [0.25, 0.3) is 0 Å². The van der Waals surface area contributed by atoms with Gasteiger partial charge in [-0.15, -0.1) is 0 Å². The van der Waals surface area contributed by atoms with E-state index in [1.165, 1.54) is 38.5 Å². The molecule has 2 heteroatoms. The van der Waals surface area contributed by atoms with Crippen molar-refractivity contribution >= 4 is 6.29 Å². The van der Waals surface area contributed by atoms with E-state index < -0.39 is 0 Å². The Kier molecular flexibility index (Phi) is 5.85. The summed E-state index contributed by atoms with van der Waals surface area (Å²) in [6.45, 7) is 4.51. The molecule has 0 bridgehead atoms. The molecule has 0 aromatic rings. The van der Waals surface area contributed by atoms with Gasteiger partial charge in [-0.2, -0.15) is 0 Å². The van der Waals surface area contributed by atoms with Gasteiger partial charge in [-0.05, 0) is 32.4 Å². The predicted octanol–water partition coefficient (Wildman–Crippen LogP) is 2.62. The summed E-state index contributed by atoms with van der Waals surface area (Å²) in [5, 5.41) is 0. The van der Waals surface area contributed by atoms with Crippen LogP contribution in [0, 0.1) is 0 Å². The first-order chi connectivity index (χ1) is 6.88. The number of aldehydes is 1. The summed E-state index contributed by atoms with van der Waals surface area (Å²) >= 11 is 0. The quantitative estimate of drug-likeness (QED) is 0.462. The van der Waals surface area contributed by atoms with Crippen LogP contribution in [-0.2, 0) is 4.79 Å². The minimum absolute atomic E-state index is 0.237. The van der Waals surface area contributed by atoms with Gasteiger partial charge in [0.2, 0.25) is 0 Å². The summed E-state index contributed by atoms with van der Waals surface area (Å²) in [6, 6.07) is 0.237. The minimum Gasteiger partial charge on any atom is -0.302 e. The van der Waals surface area contributed by atoms with Gasteiger partial charge in [0, 0.05) is 0 Å². The van der Waals surface area contributed by atoms with Crippen LogP contribution < -0.4 is 0 Å².